The maximum absolute atomic E-state index is 11.7. The molecule has 0 saturated heterocycles. The number of nitrogens with one attached hydrogen (secondary N) is 2. The van der Waals surface area contributed by atoms with Crippen molar-refractivity contribution in [1.82, 2.24) is 10.2 Å². The smallest absolute Gasteiger partial charge is 0.267 e. The van der Waals surface area contributed by atoms with Crippen LogP contribution in [0.4, 0.5) is 11.5 Å². The Balaban J connectivity index is 2.33. The zero-order valence-electron chi connectivity index (χ0n) is 7.47. The fourth-order valence-electron chi connectivity index (χ4n) is 1.03. The largest absolute Gasteiger partial charge is 0.383 e. The van der Waals surface area contributed by atoms with Gasteiger partial charge in [0.15, 0.2) is 0 Å². The molecule has 0 unspecified atom stereocenters. The Morgan fingerprint density at radius 3 is 2.87 bits per heavy atom. The van der Waals surface area contributed by atoms with Crippen molar-refractivity contribution in [3.63, 3.8) is 0 Å². The minimum absolute atomic E-state index is 0.0257. The van der Waals surface area contributed by atoms with Crippen molar-refractivity contribution < 1.29 is 8.42 Å². The highest BCUT2D eigenvalue weighted by molar-refractivity contribution is 7.92. The van der Waals surface area contributed by atoms with Gasteiger partial charge in [0.25, 0.3) is 10.0 Å². The van der Waals surface area contributed by atoms with Gasteiger partial charge >= 0.3 is 0 Å². The Morgan fingerprint density at radius 1 is 1.53 bits per heavy atom. The van der Waals surface area contributed by atoms with Gasteiger partial charge in [-0.2, -0.15) is 16.4 Å². The van der Waals surface area contributed by atoms with Gasteiger partial charge in [0, 0.05) is 5.38 Å². The molecule has 0 aliphatic carbocycles. The number of hydrogen-bond acceptors (Lipinski definition) is 5. The van der Waals surface area contributed by atoms with E-state index < -0.39 is 10.0 Å². The Morgan fingerprint density at radius 2 is 2.33 bits per heavy atom. The summed E-state index contributed by atoms with van der Waals surface area (Å²) in [5.41, 5.74) is 5.94. The number of sulfonamides is 1. The average Bonchev–Trinajstić information content (AvgIpc) is 2.75. The van der Waals surface area contributed by atoms with E-state index in [0.29, 0.717) is 5.69 Å². The third kappa shape index (κ3) is 1.95. The molecule has 6 nitrogen and oxygen atoms in total. The first-order chi connectivity index (χ1) is 7.09. The van der Waals surface area contributed by atoms with Crippen molar-refractivity contribution >= 4 is 32.9 Å². The van der Waals surface area contributed by atoms with Gasteiger partial charge in [0.05, 0.1) is 11.9 Å². The van der Waals surface area contributed by atoms with E-state index in [9.17, 15) is 8.42 Å². The lowest BCUT2D eigenvalue weighted by Gasteiger charge is -2.03. The summed E-state index contributed by atoms with van der Waals surface area (Å²) in [5.74, 6) is 0.0257. The van der Waals surface area contributed by atoms with Crippen molar-refractivity contribution in [3.05, 3.63) is 23.0 Å². The Bertz CT molecular complexity index is 543. The number of aromatic nitrogens is 2. The summed E-state index contributed by atoms with van der Waals surface area (Å²) in [6, 6.07) is 1.67. The molecule has 0 spiro atoms. The highest BCUT2D eigenvalue weighted by Gasteiger charge is 2.19. The normalized spacial score (nSPS) is 11.5. The molecule has 0 aromatic carbocycles. The summed E-state index contributed by atoms with van der Waals surface area (Å²) in [6.07, 6.45) is 1.17. The fourth-order valence-corrected chi connectivity index (χ4v) is 2.77. The molecule has 0 fully saturated rings. The van der Waals surface area contributed by atoms with E-state index in [-0.39, 0.29) is 10.7 Å². The number of thiophene rings is 1. The summed E-state index contributed by atoms with van der Waals surface area (Å²) in [4.78, 5) is -0.0475. The van der Waals surface area contributed by atoms with E-state index in [1.165, 1.54) is 17.5 Å². The maximum Gasteiger partial charge on any atom is 0.267 e. The van der Waals surface area contributed by atoms with Crippen molar-refractivity contribution in [3.8, 4) is 0 Å². The number of hydrogen-bond donors (Lipinski definition) is 3. The monoisotopic (exact) mass is 244 g/mol. The molecule has 0 aliphatic heterocycles. The molecule has 2 rings (SSSR count). The number of nitrogens with zero attached hydrogens (tertiary/aromatic N) is 1. The van der Waals surface area contributed by atoms with Gasteiger partial charge < -0.3 is 5.73 Å². The predicted octanol–water partition coefficient (Wildman–Crippen LogP) is 0.854. The standard InChI is InChI=1S/C7H8N4O2S2/c8-7-6(3-9-10-7)15(12,13)11-5-1-2-14-4-5/h1-4,11H,(H3,8,9,10). The lowest BCUT2D eigenvalue weighted by Crippen LogP contribution is -2.13. The molecule has 0 saturated carbocycles. The molecule has 0 atom stereocenters. The highest BCUT2D eigenvalue weighted by atomic mass is 32.2. The SMILES string of the molecule is Nc1[nH]ncc1S(=O)(=O)Nc1ccsc1. The molecule has 2 heterocycles. The van der Waals surface area contributed by atoms with E-state index >= 15 is 0 Å². The molecular formula is C7H8N4O2S2. The fraction of sp³-hybridized carbons (Fsp3) is 0. The minimum Gasteiger partial charge on any atom is -0.383 e. The number of nitrogen functional groups attached to an aromatic ring is 1. The second-order valence-corrected chi connectivity index (χ2v) is 5.20. The lowest BCUT2D eigenvalue weighted by molar-refractivity contribution is 0.601. The molecule has 2 aromatic heterocycles. The zero-order chi connectivity index (χ0) is 10.9. The second-order valence-electron chi connectivity index (χ2n) is 2.77. The molecule has 0 amide bonds. The minimum atomic E-state index is -3.63. The van der Waals surface area contributed by atoms with Crippen molar-refractivity contribution in [2.24, 2.45) is 0 Å². The molecule has 0 radical (unpaired) electrons. The molecule has 8 heteroatoms. The quantitative estimate of drug-likeness (QED) is 0.745. The van der Waals surface area contributed by atoms with Crippen LogP contribution in [0.2, 0.25) is 0 Å². The van der Waals surface area contributed by atoms with Gasteiger partial charge in [-0.15, -0.1) is 0 Å². The molecule has 15 heavy (non-hydrogen) atoms. The van der Waals surface area contributed by atoms with Crippen LogP contribution in [0, 0.1) is 0 Å². The van der Waals surface area contributed by atoms with Crippen LogP contribution >= 0.6 is 11.3 Å². The number of H-pyrrole nitrogens is 1. The van der Waals surface area contributed by atoms with Gasteiger partial charge in [-0.1, -0.05) is 0 Å². The molecule has 0 aliphatic rings. The molecule has 2 aromatic rings. The van der Waals surface area contributed by atoms with Crippen LogP contribution < -0.4 is 10.5 Å². The summed E-state index contributed by atoms with van der Waals surface area (Å²) in [7, 11) is -3.63. The number of rotatable bonds is 3. The average molecular weight is 244 g/mol. The first-order valence-electron chi connectivity index (χ1n) is 3.93. The van der Waals surface area contributed by atoms with E-state index in [4.69, 9.17) is 5.73 Å². The van der Waals surface area contributed by atoms with Gasteiger partial charge in [-0.25, -0.2) is 8.42 Å². The first kappa shape index (κ1) is 9.99. The Hall–Kier alpha value is -1.54. The van der Waals surface area contributed by atoms with Crippen LogP contribution in [0.15, 0.2) is 27.9 Å². The molecule has 0 bridgehead atoms. The van der Waals surface area contributed by atoms with Crippen molar-refractivity contribution in [2.75, 3.05) is 10.5 Å². The van der Waals surface area contributed by atoms with E-state index in [1.54, 1.807) is 16.8 Å². The Kier molecular flexibility index (Phi) is 2.37. The first-order valence-corrected chi connectivity index (χ1v) is 6.36. The third-order valence-corrected chi connectivity index (χ3v) is 3.79. The van der Waals surface area contributed by atoms with E-state index in [1.807, 2.05) is 0 Å². The van der Waals surface area contributed by atoms with E-state index in [0.717, 1.165) is 0 Å². The van der Waals surface area contributed by atoms with Gasteiger partial charge in [-0.05, 0) is 11.4 Å². The second kappa shape index (κ2) is 3.55. The van der Waals surface area contributed by atoms with Crippen LogP contribution in [0.5, 0.6) is 0 Å². The number of aromatic amines is 1. The van der Waals surface area contributed by atoms with Gasteiger partial charge in [0.1, 0.15) is 10.7 Å². The van der Waals surface area contributed by atoms with Crippen LogP contribution in [0.1, 0.15) is 0 Å². The van der Waals surface area contributed by atoms with Crippen LogP contribution in [-0.2, 0) is 10.0 Å². The zero-order valence-corrected chi connectivity index (χ0v) is 9.10. The number of anilines is 2. The molecular weight excluding hydrogens is 236 g/mol. The summed E-state index contributed by atoms with van der Waals surface area (Å²) in [5, 5.41) is 9.38. The summed E-state index contributed by atoms with van der Waals surface area (Å²) >= 11 is 1.40. The topological polar surface area (TPSA) is 101 Å². The number of nitrogens with two attached hydrogens (primary N) is 1. The van der Waals surface area contributed by atoms with E-state index in [2.05, 4.69) is 14.9 Å². The molecule has 4 N–H and O–H groups in total. The van der Waals surface area contributed by atoms with Crippen molar-refractivity contribution in [2.45, 2.75) is 4.90 Å². The Labute approximate surface area is 90.2 Å². The lowest BCUT2D eigenvalue weighted by atomic mass is 10.6. The van der Waals surface area contributed by atoms with Crippen LogP contribution in [-0.4, -0.2) is 18.6 Å². The molecule has 80 valence electrons. The van der Waals surface area contributed by atoms with Crippen LogP contribution in [0.3, 0.4) is 0 Å². The highest BCUT2D eigenvalue weighted by Crippen LogP contribution is 2.20. The van der Waals surface area contributed by atoms with Gasteiger partial charge in [-0.3, -0.25) is 9.82 Å². The third-order valence-electron chi connectivity index (χ3n) is 1.70. The van der Waals surface area contributed by atoms with Gasteiger partial charge in [0.2, 0.25) is 0 Å². The predicted molar refractivity (Wildman–Crippen MR) is 58.1 cm³/mol. The summed E-state index contributed by atoms with van der Waals surface area (Å²) < 4.78 is 25.9. The van der Waals surface area contributed by atoms with Crippen LogP contribution in [0.25, 0.3) is 0 Å². The summed E-state index contributed by atoms with van der Waals surface area (Å²) in [6.45, 7) is 0. The maximum atomic E-state index is 11.7. The van der Waals surface area contributed by atoms with Crippen molar-refractivity contribution in [1.29, 1.82) is 0 Å².